The van der Waals surface area contributed by atoms with Crippen LogP contribution >= 0.6 is 0 Å². The molecule has 110 valence electrons. The van der Waals surface area contributed by atoms with Gasteiger partial charge in [0.05, 0.1) is 6.04 Å². The summed E-state index contributed by atoms with van der Waals surface area (Å²) in [7, 11) is 0. The number of piperidine rings is 1. The van der Waals surface area contributed by atoms with E-state index in [9.17, 15) is 4.79 Å². The average molecular weight is 274 g/mol. The van der Waals surface area contributed by atoms with E-state index in [-0.39, 0.29) is 17.4 Å². The van der Waals surface area contributed by atoms with Crippen LogP contribution in [0.4, 0.5) is 5.69 Å². The molecule has 1 aromatic carbocycles. The lowest BCUT2D eigenvalue weighted by Crippen LogP contribution is -2.53. The first-order chi connectivity index (χ1) is 9.45. The van der Waals surface area contributed by atoms with Crippen molar-refractivity contribution in [1.82, 2.24) is 5.32 Å². The van der Waals surface area contributed by atoms with E-state index in [1.807, 2.05) is 19.1 Å². The molecule has 2 N–H and O–H groups in total. The molecule has 1 unspecified atom stereocenters. The topological polar surface area (TPSA) is 41.1 Å². The van der Waals surface area contributed by atoms with Crippen molar-refractivity contribution in [2.45, 2.75) is 53.0 Å². The molecule has 1 aliphatic rings. The van der Waals surface area contributed by atoms with Crippen LogP contribution < -0.4 is 10.6 Å². The molecule has 0 radical (unpaired) electrons. The van der Waals surface area contributed by atoms with Gasteiger partial charge < -0.3 is 10.6 Å². The number of nitrogens with one attached hydrogen (secondary N) is 2. The maximum Gasteiger partial charge on any atom is 0.242 e. The van der Waals surface area contributed by atoms with Gasteiger partial charge in [0, 0.05) is 5.69 Å². The number of carbonyl (C=O) groups excluding carboxylic acids is 1. The fourth-order valence-corrected chi connectivity index (χ4v) is 3.06. The van der Waals surface area contributed by atoms with Gasteiger partial charge in [0.15, 0.2) is 0 Å². The Kier molecular flexibility index (Phi) is 4.48. The number of amides is 1. The lowest BCUT2D eigenvalue weighted by atomic mass is 9.77. The fourth-order valence-electron chi connectivity index (χ4n) is 3.06. The van der Waals surface area contributed by atoms with Crippen LogP contribution in [-0.4, -0.2) is 18.5 Å². The van der Waals surface area contributed by atoms with Crippen molar-refractivity contribution in [3.8, 4) is 0 Å². The van der Waals surface area contributed by atoms with E-state index in [4.69, 9.17) is 0 Å². The summed E-state index contributed by atoms with van der Waals surface area (Å²) in [5, 5.41) is 6.53. The van der Waals surface area contributed by atoms with Gasteiger partial charge in [-0.05, 0) is 49.3 Å². The Morgan fingerprint density at radius 2 is 2.20 bits per heavy atom. The van der Waals surface area contributed by atoms with Gasteiger partial charge in [-0.2, -0.15) is 0 Å². The number of carbonyl (C=O) groups is 1. The number of rotatable bonds is 3. The molecule has 20 heavy (non-hydrogen) atoms. The standard InChI is InChI=1S/C17H26N2O/c1-5-13-9-6-8-12(2)14(13)19-16(20)15-17(3,4)10-7-11-18-15/h6,8-9,15,18H,5,7,10-11H2,1-4H3,(H,19,20). The quantitative estimate of drug-likeness (QED) is 0.888. The summed E-state index contributed by atoms with van der Waals surface area (Å²) >= 11 is 0. The van der Waals surface area contributed by atoms with Gasteiger partial charge in [0.25, 0.3) is 0 Å². The van der Waals surface area contributed by atoms with Crippen molar-refractivity contribution in [1.29, 1.82) is 0 Å². The molecule has 1 aromatic rings. The summed E-state index contributed by atoms with van der Waals surface area (Å²) in [6, 6.07) is 6.07. The SMILES string of the molecule is CCc1cccc(C)c1NC(=O)C1NCCCC1(C)C. The third-order valence-corrected chi connectivity index (χ3v) is 4.38. The first-order valence-corrected chi connectivity index (χ1v) is 7.58. The van der Waals surface area contributed by atoms with Gasteiger partial charge >= 0.3 is 0 Å². The third-order valence-electron chi connectivity index (χ3n) is 4.38. The molecule has 1 heterocycles. The maximum absolute atomic E-state index is 12.6. The molecule has 0 aliphatic carbocycles. The highest BCUT2D eigenvalue weighted by molar-refractivity contribution is 5.96. The van der Waals surface area contributed by atoms with Gasteiger partial charge in [-0.3, -0.25) is 4.79 Å². The van der Waals surface area contributed by atoms with Crippen LogP contribution in [0.1, 0.15) is 44.7 Å². The van der Waals surface area contributed by atoms with E-state index < -0.39 is 0 Å². The highest BCUT2D eigenvalue weighted by Crippen LogP contribution is 2.31. The highest BCUT2D eigenvalue weighted by Gasteiger charge is 2.37. The van der Waals surface area contributed by atoms with Gasteiger partial charge in [-0.1, -0.05) is 39.0 Å². The number of anilines is 1. The van der Waals surface area contributed by atoms with E-state index in [2.05, 4.69) is 37.5 Å². The van der Waals surface area contributed by atoms with Crippen LogP contribution in [-0.2, 0) is 11.2 Å². The predicted octanol–water partition coefficient (Wildman–Crippen LogP) is 3.27. The molecule has 1 fully saturated rings. The van der Waals surface area contributed by atoms with Gasteiger partial charge in [0.2, 0.25) is 5.91 Å². The lowest BCUT2D eigenvalue weighted by molar-refractivity contribution is -0.121. The van der Waals surface area contributed by atoms with Gasteiger partial charge in [-0.15, -0.1) is 0 Å². The highest BCUT2D eigenvalue weighted by atomic mass is 16.2. The maximum atomic E-state index is 12.6. The van der Waals surface area contributed by atoms with Crippen molar-refractivity contribution >= 4 is 11.6 Å². The smallest absolute Gasteiger partial charge is 0.242 e. The molecule has 3 heteroatoms. The molecule has 2 rings (SSSR count). The molecular weight excluding hydrogens is 248 g/mol. The summed E-state index contributed by atoms with van der Waals surface area (Å²) in [5.74, 6) is 0.0960. The Bertz CT molecular complexity index is 494. The van der Waals surface area contributed by atoms with E-state index in [1.54, 1.807) is 0 Å². The normalized spacial score (nSPS) is 21.5. The molecule has 0 aromatic heterocycles. The molecule has 0 saturated carbocycles. The first kappa shape index (κ1) is 15.0. The molecule has 1 amide bonds. The summed E-state index contributed by atoms with van der Waals surface area (Å²) in [6.45, 7) is 9.43. The Morgan fingerprint density at radius 1 is 1.45 bits per heavy atom. The number of hydrogen-bond acceptors (Lipinski definition) is 2. The first-order valence-electron chi connectivity index (χ1n) is 7.58. The summed E-state index contributed by atoms with van der Waals surface area (Å²) < 4.78 is 0. The lowest BCUT2D eigenvalue weighted by Gasteiger charge is -2.38. The predicted molar refractivity (Wildman–Crippen MR) is 84.0 cm³/mol. The second-order valence-corrected chi connectivity index (χ2v) is 6.43. The fraction of sp³-hybridized carbons (Fsp3) is 0.588. The summed E-state index contributed by atoms with van der Waals surface area (Å²) in [4.78, 5) is 12.6. The Balaban J connectivity index is 2.19. The minimum absolute atomic E-state index is 0.0113. The molecule has 1 atom stereocenters. The van der Waals surface area contributed by atoms with E-state index in [0.29, 0.717) is 0 Å². The van der Waals surface area contributed by atoms with Crippen LogP contribution in [0.25, 0.3) is 0 Å². The Morgan fingerprint density at radius 3 is 2.85 bits per heavy atom. The zero-order chi connectivity index (χ0) is 14.8. The van der Waals surface area contributed by atoms with Gasteiger partial charge in [-0.25, -0.2) is 0 Å². The summed E-state index contributed by atoms with van der Waals surface area (Å²) in [5.41, 5.74) is 3.33. The van der Waals surface area contributed by atoms with Crippen LogP contribution in [0.5, 0.6) is 0 Å². The molecule has 1 saturated heterocycles. The molecule has 0 spiro atoms. The minimum atomic E-state index is -0.111. The van der Waals surface area contributed by atoms with Crippen LogP contribution in [0.3, 0.4) is 0 Å². The minimum Gasteiger partial charge on any atom is -0.324 e. The number of aryl methyl sites for hydroxylation is 2. The van der Waals surface area contributed by atoms with E-state index in [0.717, 1.165) is 37.1 Å². The average Bonchev–Trinajstić information content (AvgIpc) is 2.40. The monoisotopic (exact) mass is 274 g/mol. The Hall–Kier alpha value is -1.35. The van der Waals surface area contributed by atoms with Crippen molar-refractivity contribution in [3.63, 3.8) is 0 Å². The Labute approximate surface area is 122 Å². The van der Waals surface area contributed by atoms with Crippen LogP contribution in [0, 0.1) is 12.3 Å². The van der Waals surface area contributed by atoms with Crippen molar-refractivity contribution in [2.24, 2.45) is 5.41 Å². The van der Waals surface area contributed by atoms with E-state index >= 15 is 0 Å². The van der Waals surface area contributed by atoms with Crippen LogP contribution in [0.2, 0.25) is 0 Å². The zero-order valence-corrected chi connectivity index (χ0v) is 13.0. The molecule has 1 aliphatic heterocycles. The zero-order valence-electron chi connectivity index (χ0n) is 13.0. The molecule has 3 nitrogen and oxygen atoms in total. The largest absolute Gasteiger partial charge is 0.324 e. The van der Waals surface area contributed by atoms with Crippen molar-refractivity contribution in [3.05, 3.63) is 29.3 Å². The van der Waals surface area contributed by atoms with Gasteiger partial charge in [0.1, 0.15) is 0 Å². The number of hydrogen-bond donors (Lipinski definition) is 2. The van der Waals surface area contributed by atoms with E-state index in [1.165, 1.54) is 5.56 Å². The second-order valence-electron chi connectivity index (χ2n) is 6.43. The van der Waals surface area contributed by atoms with Crippen molar-refractivity contribution in [2.75, 3.05) is 11.9 Å². The molecular formula is C17H26N2O. The number of para-hydroxylation sites is 1. The third kappa shape index (κ3) is 3.04. The number of benzene rings is 1. The second kappa shape index (κ2) is 5.96. The van der Waals surface area contributed by atoms with Crippen molar-refractivity contribution < 1.29 is 4.79 Å². The van der Waals surface area contributed by atoms with Crippen LogP contribution in [0.15, 0.2) is 18.2 Å². The summed E-state index contributed by atoms with van der Waals surface area (Å²) in [6.07, 6.45) is 3.16. The molecule has 0 bridgehead atoms.